The predicted octanol–water partition coefficient (Wildman–Crippen LogP) is 4.89. The maximum atomic E-state index is 15.0. The smallest absolute Gasteiger partial charge is 0.329 e. The van der Waals surface area contributed by atoms with Gasteiger partial charge in [-0.25, -0.2) is 14.0 Å². The number of carbonyl (C=O) groups is 4. The van der Waals surface area contributed by atoms with Gasteiger partial charge in [-0.15, -0.1) is 11.3 Å². The van der Waals surface area contributed by atoms with Gasteiger partial charge in [0.1, 0.15) is 11.8 Å². The van der Waals surface area contributed by atoms with E-state index in [-0.39, 0.29) is 35.6 Å². The van der Waals surface area contributed by atoms with E-state index in [0.29, 0.717) is 49.7 Å². The second-order valence-electron chi connectivity index (χ2n) is 14.6. The van der Waals surface area contributed by atoms with Crippen LogP contribution in [0, 0.1) is 17.7 Å². The summed E-state index contributed by atoms with van der Waals surface area (Å²) in [4.78, 5) is 64.1. The van der Waals surface area contributed by atoms with Crippen LogP contribution in [0.5, 0.6) is 11.5 Å². The number of ether oxygens (including phenoxy) is 2. The molecule has 14 nitrogen and oxygen atoms in total. The molecule has 1 unspecified atom stereocenters. The van der Waals surface area contributed by atoms with Crippen LogP contribution >= 0.6 is 11.3 Å². The number of amides is 4. The maximum Gasteiger partial charge on any atom is 0.329 e. The number of nitrogens with two attached hydrogens (primary N) is 1. The van der Waals surface area contributed by atoms with E-state index < -0.39 is 36.4 Å². The third kappa shape index (κ3) is 10.3. The van der Waals surface area contributed by atoms with Gasteiger partial charge in [-0.1, -0.05) is 33.8 Å². The zero-order chi connectivity index (χ0) is 39.2. The van der Waals surface area contributed by atoms with Crippen LogP contribution < -0.4 is 26.4 Å². The maximum absolute atomic E-state index is 15.0. The summed E-state index contributed by atoms with van der Waals surface area (Å²) in [5.41, 5.74) is 8.72. The number of aromatic nitrogens is 2. The number of pyridine rings is 2. The van der Waals surface area contributed by atoms with E-state index in [2.05, 4.69) is 25.8 Å². The molecule has 1 aliphatic carbocycles. The summed E-state index contributed by atoms with van der Waals surface area (Å²) in [6.07, 6.45) is 5.34. The summed E-state index contributed by atoms with van der Waals surface area (Å²) >= 11 is 1.44. The molecule has 2 aliphatic rings. The first-order valence-electron chi connectivity index (χ1n) is 18.5. The molecule has 2 fully saturated rings. The Hall–Kier alpha value is -5.19. The van der Waals surface area contributed by atoms with E-state index in [0.717, 1.165) is 33.7 Å². The molecular weight excluding hydrogens is 728 g/mol. The van der Waals surface area contributed by atoms with Crippen LogP contribution in [0.3, 0.4) is 0 Å². The molecule has 4 aromatic rings. The van der Waals surface area contributed by atoms with Crippen molar-refractivity contribution >= 4 is 51.1 Å². The fourth-order valence-corrected chi connectivity index (χ4v) is 6.97. The fourth-order valence-electron chi connectivity index (χ4n) is 5.92. The minimum absolute atomic E-state index is 0.0247. The standard InChI is InChI=1S/C39H47FN8O6S/c1-22(2)34(41)37(50)46-35(23(3)4)38(51)53-21-33(49)48-15-13-47(14-16-48)20-24-5-9-28(43-19-24)32-18-29-36(55-32)31(11-12-42-29)54-30-10-8-26(17-27(30)40)45-39(52)44-25-6-7-25/h5,8-12,17-19,22-23,25,34-35H,6-7,13-16,20-21,41H2,1-4H3,(H,46,50)(H2,44,45,52)/t34-,35?/m0/s1. The van der Waals surface area contributed by atoms with Crippen LogP contribution in [0.1, 0.15) is 46.1 Å². The molecule has 292 valence electrons. The number of fused-ring (bicyclic) bond motifs is 1. The minimum Gasteiger partial charge on any atom is -0.454 e. The summed E-state index contributed by atoms with van der Waals surface area (Å²) in [5, 5.41) is 8.12. The van der Waals surface area contributed by atoms with Crippen molar-refractivity contribution in [3.8, 4) is 22.1 Å². The number of esters is 1. The summed E-state index contributed by atoms with van der Waals surface area (Å²) in [5.74, 6) is -1.85. The monoisotopic (exact) mass is 774 g/mol. The summed E-state index contributed by atoms with van der Waals surface area (Å²) in [6, 6.07) is 10.0. The van der Waals surface area contributed by atoms with E-state index in [1.807, 2.05) is 38.2 Å². The molecule has 55 heavy (non-hydrogen) atoms. The number of halogens is 1. The average molecular weight is 775 g/mol. The minimum atomic E-state index is -0.902. The third-order valence-electron chi connectivity index (χ3n) is 9.48. The van der Waals surface area contributed by atoms with Gasteiger partial charge in [0.2, 0.25) is 5.91 Å². The van der Waals surface area contributed by atoms with Gasteiger partial charge in [-0.2, -0.15) is 0 Å². The Labute approximate surface area is 323 Å². The third-order valence-corrected chi connectivity index (χ3v) is 10.6. The first-order valence-corrected chi connectivity index (χ1v) is 19.3. The Bertz CT molecular complexity index is 2010. The van der Waals surface area contributed by atoms with Gasteiger partial charge in [0.15, 0.2) is 18.2 Å². The summed E-state index contributed by atoms with van der Waals surface area (Å²) < 4.78 is 27.0. The Morgan fingerprint density at radius 3 is 2.38 bits per heavy atom. The molecule has 4 heterocycles. The predicted molar refractivity (Wildman–Crippen MR) is 207 cm³/mol. The molecular formula is C39H47FN8O6S. The molecule has 0 spiro atoms. The van der Waals surface area contributed by atoms with Crippen LogP contribution in [-0.2, 0) is 25.7 Å². The van der Waals surface area contributed by atoms with Crippen molar-refractivity contribution in [2.45, 2.75) is 65.2 Å². The van der Waals surface area contributed by atoms with Gasteiger partial charge in [0.05, 0.1) is 26.8 Å². The van der Waals surface area contributed by atoms with E-state index in [4.69, 9.17) is 20.2 Å². The molecule has 3 aromatic heterocycles. The van der Waals surface area contributed by atoms with Crippen molar-refractivity contribution in [1.82, 2.24) is 30.4 Å². The molecule has 1 saturated carbocycles. The Morgan fingerprint density at radius 1 is 0.964 bits per heavy atom. The Morgan fingerprint density at radius 2 is 1.73 bits per heavy atom. The summed E-state index contributed by atoms with van der Waals surface area (Å²) in [7, 11) is 0. The molecule has 1 aromatic carbocycles. The number of nitrogens with zero attached hydrogens (tertiary/aromatic N) is 4. The SMILES string of the molecule is CC(C)C(NC(=O)[C@@H](N)C(C)C)C(=O)OCC(=O)N1CCN(Cc2ccc(-c3cc4nccc(Oc5ccc(NC(=O)NC6CC6)cc5F)c4s3)nc2)CC1. The van der Waals surface area contributed by atoms with Crippen LogP contribution in [0.15, 0.2) is 54.9 Å². The van der Waals surface area contributed by atoms with E-state index in [1.54, 1.807) is 37.1 Å². The van der Waals surface area contributed by atoms with Gasteiger partial charge in [0.25, 0.3) is 5.91 Å². The topological polar surface area (TPSA) is 181 Å². The number of urea groups is 1. The molecule has 2 atom stereocenters. The lowest BCUT2D eigenvalue weighted by Gasteiger charge is -2.34. The van der Waals surface area contributed by atoms with Crippen LogP contribution in [0.2, 0.25) is 0 Å². The number of anilines is 1. The second kappa shape index (κ2) is 17.5. The second-order valence-corrected chi connectivity index (χ2v) is 15.6. The Balaban J connectivity index is 0.986. The molecule has 0 radical (unpaired) electrons. The highest BCUT2D eigenvalue weighted by Crippen LogP contribution is 2.39. The quantitative estimate of drug-likeness (QED) is 0.129. The van der Waals surface area contributed by atoms with Gasteiger partial charge in [-0.05, 0) is 54.5 Å². The van der Waals surface area contributed by atoms with Gasteiger partial charge in [0, 0.05) is 69.0 Å². The lowest BCUT2D eigenvalue weighted by molar-refractivity contribution is -0.156. The number of rotatable bonds is 14. The van der Waals surface area contributed by atoms with Gasteiger partial charge >= 0.3 is 12.0 Å². The van der Waals surface area contributed by atoms with E-state index >= 15 is 0 Å². The lowest BCUT2D eigenvalue weighted by Crippen LogP contribution is -2.53. The number of nitrogens with one attached hydrogen (secondary N) is 3. The van der Waals surface area contributed by atoms with Crippen LogP contribution in [-0.4, -0.2) is 94.5 Å². The molecule has 4 amide bonds. The normalized spacial score (nSPS) is 15.8. The average Bonchev–Trinajstić information content (AvgIpc) is 3.86. The van der Waals surface area contributed by atoms with Gasteiger partial charge < -0.3 is 36.1 Å². The highest BCUT2D eigenvalue weighted by molar-refractivity contribution is 7.22. The number of hydrogen-bond acceptors (Lipinski definition) is 11. The number of thiophene rings is 1. The molecule has 0 bridgehead atoms. The first kappa shape index (κ1) is 39.5. The van der Waals surface area contributed by atoms with E-state index in [9.17, 15) is 23.6 Å². The first-order chi connectivity index (χ1) is 26.3. The number of piperazine rings is 1. The zero-order valence-corrected chi connectivity index (χ0v) is 32.2. The molecule has 16 heteroatoms. The fraction of sp³-hybridized carbons (Fsp3) is 0.436. The largest absolute Gasteiger partial charge is 0.454 e. The number of carbonyl (C=O) groups excluding carboxylic acids is 4. The molecule has 5 N–H and O–H groups in total. The zero-order valence-electron chi connectivity index (χ0n) is 31.3. The van der Waals surface area contributed by atoms with Crippen molar-refractivity contribution in [3.05, 3.63) is 66.2 Å². The molecule has 1 saturated heterocycles. The Kier molecular flexibility index (Phi) is 12.6. The summed E-state index contributed by atoms with van der Waals surface area (Å²) in [6.45, 7) is 9.72. The number of benzene rings is 1. The van der Waals surface area contributed by atoms with Crippen molar-refractivity contribution in [1.29, 1.82) is 0 Å². The van der Waals surface area contributed by atoms with E-state index in [1.165, 1.54) is 23.5 Å². The highest BCUT2D eigenvalue weighted by Gasteiger charge is 2.30. The lowest BCUT2D eigenvalue weighted by atomic mass is 10.0. The van der Waals surface area contributed by atoms with Crippen molar-refractivity contribution in [2.24, 2.45) is 17.6 Å². The van der Waals surface area contributed by atoms with Gasteiger partial charge in [-0.3, -0.25) is 24.5 Å². The number of hydrogen-bond donors (Lipinski definition) is 4. The van der Waals surface area contributed by atoms with Crippen LogP contribution in [0.4, 0.5) is 14.9 Å². The van der Waals surface area contributed by atoms with Crippen molar-refractivity contribution in [3.63, 3.8) is 0 Å². The van der Waals surface area contributed by atoms with Crippen molar-refractivity contribution < 1.29 is 33.0 Å². The van der Waals surface area contributed by atoms with Crippen molar-refractivity contribution in [2.75, 3.05) is 38.1 Å². The molecule has 1 aliphatic heterocycles. The highest BCUT2D eigenvalue weighted by atomic mass is 32.1. The van der Waals surface area contributed by atoms with Crippen LogP contribution in [0.25, 0.3) is 20.8 Å². The molecule has 6 rings (SSSR count).